The van der Waals surface area contributed by atoms with Gasteiger partial charge in [-0.25, -0.2) is 4.98 Å². The third-order valence-corrected chi connectivity index (χ3v) is 2.05. The van der Waals surface area contributed by atoms with Crippen molar-refractivity contribution in [3.63, 3.8) is 0 Å². The Morgan fingerprint density at radius 1 is 1.50 bits per heavy atom. The van der Waals surface area contributed by atoms with E-state index in [4.69, 9.17) is 9.84 Å². The molecule has 7 nitrogen and oxygen atoms in total. The van der Waals surface area contributed by atoms with Gasteiger partial charge in [-0.05, 0) is 6.92 Å². The molecule has 2 aromatic rings. The summed E-state index contributed by atoms with van der Waals surface area (Å²) in [5, 5.41) is 11.4. The number of imidazole rings is 1. The number of anilines is 1. The Balaban J connectivity index is 2.56. The van der Waals surface area contributed by atoms with Gasteiger partial charge in [0.25, 0.3) is 0 Å². The van der Waals surface area contributed by atoms with E-state index < -0.39 is 0 Å². The third-order valence-electron chi connectivity index (χ3n) is 2.05. The Morgan fingerprint density at radius 2 is 2.31 bits per heavy atom. The highest BCUT2D eigenvalue weighted by molar-refractivity contribution is 5.77. The maximum Gasteiger partial charge on any atom is 0.247 e. The summed E-state index contributed by atoms with van der Waals surface area (Å²) in [6.45, 7) is 2.15. The molecule has 2 rings (SSSR count). The van der Waals surface area contributed by atoms with Crippen LogP contribution in [0, 0.1) is 0 Å². The molecular weight excluding hydrogens is 210 g/mol. The molecule has 0 radical (unpaired) electrons. The van der Waals surface area contributed by atoms with Gasteiger partial charge in [0.1, 0.15) is 6.73 Å². The zero-order chi connectivity index (χ0) is 11.5. The number of aliphatic hydroxyl groups is 1. The summed E-state index contributed by atoms with van der Waals surface area (Å²) in [6.07, 6.45) is 1.64. The number of aliphatic hydroxyl groups excluding tert-OH is 1. The molecule has 0 aliphatic rings. The van der Waals surface area contributed by atoms with Crippen LogP contribution in [0.25, 0.3) is 11.2 Å². The predicted molar refractivity (Wildman–Crippen MR) is 58.2 cm³/mol. The molecule has 2 heterocycles. The van der Waals surface area contributed by atoms with E-state index in [1.54, 1.807) is 10.9 Å². The number of nitrogens with one attached hydrogen (secondary N) is 1. The Labute approximate surface area is 92.1 Å². The molecule has 0 bridgehead atoms. The van der Waals surface area contributed by atoms with Gasteiger partial charge in [-0.1, -0.05) is 0 Å². The van der Waals surface area contributed by atoms with E-state index in [2.05, 4.69) is 20.3 Å². The fourth-order valence-electron chi connectivity index (χ4n) is 1.37. The molecule has 0 saturated heterocycles. The zero-order valence-electron chi connectivity index (χ0n) is 9.14. The largest absolute Gasteiger partial charge is 0.476 e. The Bertz CT molecular complexity index is 496. The number of aromatic nitrogens is 4. The van der Waals surface area contributed by atoms with Crippen molar-refractivity contribution in [3.05, 3.63) is 6.33 Å². The molecule has 0 aliphatic carbocycles. The minimum absolute atomic E-state index is 0.227. The molecule has 0 unspecified atom stereocenters. The highest BCUT2D eigenvalue weighted by Gasteiger charge is 2.12. The molecule has 2 N–H and O–H groups in total. The van der Waals surface area contributed by atoms with Crippen molar-refractivity contribution in [1.82, 2.24) is 19.5 Å². The van der Waals surface area contributed by atoms with Gasteiger partial charge in [0, 0.05) is 7.05 Å². The summed E-state index contributed by atoms with van der Waals surface area (Å²) in [4.78, 5) is 12.5. The van der Waals surface area contributed by atoms with Gasteiger partial charge in [0.2, 0.25) is 11.8 Å². The van der Waals surface area contributed by atoms with Crippen LogP contribution in [-0.4, -0.2) is 38.0 Å². The van der Waals surface area contributed by atoms with Crippen molar-refractivity contribution in [2.45, 2.75) is 6.92 Å². The van der Waals surface area contributed by atoms with Gasteiger partial charge in [0.15, 0.2) is 11.2 Å². The second-order valence-electron chi connectivity index (χ2n) is 3.15. The van der Waals surface area contributed by atoms with Crippen LogP contribution in [0.1, 0.15) is 6.92 Å². The number of fused-ring (bicyclic) bond motifs is 1. The highest BCUT2D eigenvalue weighted by atomic mass is 16.5. The SMILES string of the molecule is CCOc1nc(NCO)nc2c1ncn2C. The average molecular weight is 223 g/mol. The summed E-state index contributed by atoms with van der Waals surface area (Å²) >= 11 is 0. The van der Waals surface area contributed by atoms with Crippen molar-refractivity contribution in [1.29, 1.82) is 0 Å². The summed E-state index contributed by atoms with van der Waals surface area (Å²) in [5.41, 5.74) is 1.28. The highest BCUT2D eigenvalue weighted by Crippen LogP contribution is 2.21. The number of nitrogens with zero attached hydrogens (tertiary/aromatic N) is 4. The lowest BCUT2D eigenvalue weighted by Crippen LogP contribution is -2.07. The Hall–Kier alpha value is -1.89. The van der Waals surface area contributed by atoms with E-state index in [9.17, 15) is 0 Å². The number of rotatable bonds is 4. The summed E-state index contributed by atoms with van der Waals surface area (Å²) < 4.78 is 7.14. The first-order chi connectivity index (χ1) is 7.76. The molecule has 86 valence electrons. The van der Waals surface area contributed by atoms with E-state index in [0.29, 0.717) is 29.6 Å². The first-order valence-corrected chi connectivity index (χ1v) is 4.92. The van der Waals surface area contributed by atoms with Crippen LogP contribution in [-0.2, 0) is 7.05 Å². The summed E-state index contributed by atoms with van der Waals surface area (Å²) in [5.74, 6) is 0.742. The van der Waals surface area contributed by atoms with Gasteiger partial charge in [-0.3, -0.25) is 0 Å². The van der Waals surface area contributed by atoms with Gasteiger partial charge in [0.05, 0.1) is 12.9 Å². The summed E-state index contributed by atoms with van der Waals surface area (Å²) in [6, 6.07) is 0. The monoisotopic (exact) mass is 223 g/mol. The summed E-state index contributed by atoms with van der Waals surface area (Å²) in [7, 11) is 1.83. The van der Waals surface area contributed by atoms with Crippen LogP contribution < -0.4 is 10.1 Å². The molecule has 0 atom stereocenters. The van der Waals surface area contributed by atoms with Crippen molar-refractivity contribution in [2.24, 2.45) is 7.05 Å². The van der Waals surface area contributed by atoms with Crippen LogP contribution >= 0.6 is 0 Å². The number of hydrogen-bond donors (Lipinski definition) is 2. The first-order valence-electron chi connectivity index (χ1n) is 4.92. The van der Waals surface area contributed by atoms with Crippen molar-refractivity contribution in [2.75, 3.05) is 18.7 Å². The van der Waals surface area contributed by atoms with E-state index in [1.165, 1.54) is 0 Å². The molecule has 2 aromatic heterocycles. The maximum atomic E-state index is 8.78. The Morgan fingerprint density at radius 3 is 3.00 bits per heavy atom. The van der Waals surface area contributed by atoms with E-state index >= 15 is 0 Å². The molecule has 7 heteroatoms. The van der Waals surface area contributed by atoms with E-state index in [-0.39, 0.29) is 6.73 Å². The van der Waals surface area contributed by atoms with E-state index in [1.807, 2.05) is 14.0 Å². The van der Waals surface area contributed by atoms with Gasteiger partial charge >= 0.3 is 0 Å². The molecule has 0 saturated carbocycles. The van der Waals surface area contributed by atoms with Crippen LogP contribution in [0.3, 0.4) is 0 Å². The second-order valence-corrected chi connectivity index (χ2v) is 3.15. The first kappa shape index (κ1) is 10.6. The normalized spacial score (nSPS) is 10.7. The number of hydrogen-bond acceptors (Lipinski definition) is 6. The standard InChI is InChI=1S/C9H13N5O2/c1-3-16-8-6-7(14(2)4-10-6)12-9(13-8)11-5-15/h4,15H,3,5H2,1-2H3,(H,11,12,13). The predicted octanol–water partition coefficient (Wildman–Crippen LogP) is 0.124. The minimum atomic E-state index is -0.227. The number of aryl methyl sites for hydroxylation is 1. The molecule has 0 spiro atoms. The van der Waals surface area contributed by atoms with Gasteiger partial charge in [-0.2, -0.15) is 9.97 Å². The lowest BCUT2D eigenvalue weighted by atomic mass is 10.5. The average Bonchev–Trinajstić information content (AvgIpc) is 2.62. The van der Waals surface area contributed by atoms with E-state index in [0.717, 1.165) is 0 Å². The van der Waals surface area contributed by atoms with Crippen molar-refractivity contribution < 1.29 is 9.84 Å². The molecular formula is C9H13N5O2. The Kier molecular flexibility index (Phi) is 2.86. The van der Waals surface area contributed by atoms with Crippen LogP contribution in [0.5, 0.6) is 5.88 Å². The lowest BCUT2D eigenvalue weighted by Gasteiger charge is -2.06. The van der Waals surface area contributed by atoms with Gasteiger partial charge < -0.3 is 19.7 Å². The topological polar surface area (TPSA) is 85.1 Å². The molecule has 0 aromatic carbocycles. The third kappa shape index (κ3) is 1.76. The fourth-order valence-corrected chi connectivity index (χ4v) is 1.37. The van der Waals surface area contributed by atoms with Crippen LogP contribution in [0.2, 0.25) is 0 Å². The van der Waals surface area contributed by atoms with Crippen LogP contribution in [0.15, 0.2) is 6.33 Å². The maximum absolute atomic E-state index is 8.78. The molecule has 0 fully saturated rings. The van der Waals surface area contributed by atoms with Crippen molar-refractivity contribution in [3.8, 4) is 5.88 Å². The molecule has 16 heavy (non-hydrogen) atoms. The second kappa shape index (κ2) is 4.31. The van der Waals surface area contributed by atoms with Gasteiger partial charge in [-0.15, -0.1) is 0 Å². The molecule has 0 aliphatic heterocycles. The number of ether oxygens (including phenoxy) is 1. The zero-order valence-corrected chi connectivity index (χ0v) is 9.14. The quantitative estimate of drug-likeness (QED) is 0.716. The van der Waals surface area contributed by atoms with Crippen molar-refractivity contribution >= 4 is 17.1 Å². The molecule has 0 amide bonds. The minimum Gasteiger partial charge on any atom is -0.476 e. The smallest absolute Gasteiger partial charge is 0.247 e. The van der Waals surface area contributed by atoms with Crippen LogP contribution in [0.4, 0.5) is 5.95 Å². The lowest BCUT2D eigenvalue weighted by molar-refractivity contribution is 0.320. The fraction of sp³-hybridized carbons (Fsp3) is 0.444.